The summed E-state index contributed by atoms with van der Waals surface area (Å²) in [4.78, 5) is 40.6. The summed E-state index contributed by atoms with van der Waals surface area (Å²) >= 11 is 0. The topological polar surface area (TPSA) is 97.0 Å². The van der Waals surface area contributed by atoms with Gasteiger partial charge in [0.1, 0.15) is 11.8 Å². The van der Waals surface area contributed by atoms with Crippen molar-refractivity contribution in [1.29, 1.82) is 0 Å². The first-order valence-electron chi connectivity index (χ1n) is 11.9. The molecule has 1 aliphatic rings. The summed E-state index contributed by atoms with van der Waals surface area (Å²) in [6.45, 7) is 1.96. The van der Waals surface area contributed by atoms with Crippen LogP contribution in [0.2, 0.25) is 0 Å². The van der Waals surface area contributed by atoms with E-state index in [1.165, 1.54) is 7.11 Å². The number of hydrogen-bond acceptors (Lipinski definition) is 6. The number of hydrogen-bond donors (Lipinski definition) is 2. The van der Waals surface area contributed by atoms with Gasteiger partial charge < -0.3 is 25.0 Å². The number of ether oxygens (including phenoxy) is 2. The monoisotopic (exact) mass is 525 g/mol. The number of rotatable bonds is 7. The predicted octanol–water partition coefficient (Wildman–Crippen LogP) is 3.63. The van der Waals surface area contributed by atoms with Crippen LogP contribution in [0.3, 0.4) is 0 Å². The van der Waals surface area contributed by atoms with E-state index in [2.05, 4.69) is 10.6 Å². The van der Waals surface area contributed by atoms with Gasteiger partial charge in [-0.15, -0.1) is 12.4 Å². The van der Waals surface area contributed by atoms with Crippen molar-refractivity contribution < 1.29 is 23.9 Å². The number of aryl methyl sites for hydroxylation is 1. The van der Waals surface area contributed by atoms with Crippen molar-refractivity contribution in [3.05, 3.63) is 71.3 Å². The second kappa shape index (κ2) is 12.1. The number of amides is 2. The molecule has 0 aliphatic carbocycles. The summed E-state index contributed by atoms with van der Waals surface area (Å²) in [5.41, 5.74) is 3.02. The number of nitrogens with one attached hydrogen (secondary N) is 2. The van der Waals surface area contributed by atoms with Gasteiger partial charge in [-0.25, -0.2) is 4.79 Å². The first kappa shape index (κ1) is 28.0. The molecule has 0 saturated carbocycles. The lowest BCUT2D eigenvalue weighted by Gasteiger charge is -2.28. The van der Waals surface area contributed by atoms with Crippen LogP contribution >= 0.6 is 12.4 Å². The van der Waals surface area contributed by atoms with Crippen molar-refractivity contribution in [3.63, 3.8) is 0 Å². The number of fused-ring (bicyclic) bond motifs is 2. The maximum Gasteiger partial charge on any atom is 0.338 e. The van der Waals surface area contributed by atoms with E-state index in [0.717, 1.165) is 22.2 Å². The van der Waals surface area contributed by atoms with Crippen LogP contribution in [0.15, 0.2) is 54.6 Å². The normalized spacial score (nSPS) is 15.7. The Morgan fingerprint density at radius 3 is 2.51 bits per heavy atom. The number of halogens is 1. The van der Waals surface area contributed by atoms with Gasteiger partial charge in [0.05, 0.1) is 32.4 Å². The van der Waals surface area contributed by atoms with Gasteiger partial charge in [-0.2, -0.15) is 0 Å². The molecule has 3 aromatic rings. The lowest BCUT2D eigenvalue weighted by molar-refractivity contribution is -0.128. The highest BCUT2D eigenvalue weighted by molar-refractivity contribution is 6.07. The van der Waals surface area contributed by atoms with Gasteiger partial charge in [-0.3, -0.25) is 9.59 Å². The molecule has 2 N–H and O–H groups in total. The first-order valence-corrected chi connectivity index (χ1v) is 11.9. The Labute approximate surface area is 222 Å². The summed E-state index contributed by atoms with van der Waals surface area (Å²) < 4.78 is 10.7. The average molecular weight is 526 g/mol. The number of anilines is 1. The van der Waals surface area contributed by atoms with E-state index in [4.69, 9.17) is 9.47 Å². The van der Waals surface area contributed by atoms with E-state index < -0.39 is 18.1 Å². The molecule has 196 valence electrons. The molecule has 37 heavy (non-hydrogen) atoms. The van der Waals surface area contributed by atoms with Gasteiger partial charge >= 0.3 is 5.97 Å². The van der Waals surface area contributed by atoms with E-state index in [1.54, 1.807) is 44.2 Å². The van der Waals surface area contributed by atoms with Crippen molar-refractivity contribution in [1.82, 2.24) is 10.6 Å². The summed E-state index contributed by atoms with van der Waals surface area (Å²) in [6.07, 6.45) is 1.14. The number of carbonyl (C=O) groups is 3. The van der Waals surface area contributed by atoms with Crippen LogP contribution in [0.4, 0.5) is 5.69 Å². The van der Waals surface area contributed by atoms with Crippen molar-refractivity contribution in [2.24, 2.45) is 0 Å². The largest absolute Gasteiger partial charge is 0.496 e. The third-order valence-corrected chi connectivity index (χ3v) is 6.76. The number of esters is 1. The van der Waals surface area contributed by atoms with Gasteiger partial charge in [-0.05, 0) is 67.4 Å². The Morgan fingerprint density at radius 1 is 1.05 bits per heavy atom. The van der Waals surface area contributed by atoms with Crippen LogP contribution in [-0.2, 0) is 27.3 Å². The summed E-state index contributed by atoms with van der Waals surface area (Å²) in [7, 11) is 4.63. The second-order valence-electron chi connectivity index (χ2n) is 8.80. The third-order valence-electron chi connectivity index (χ3n) is 6.76. The molecule has 2 atom stereocenters. The second-order valence-corrected chi connectivity index (χ2v) is 8.80. The minimum absolute atomic E-state index is 0. The molecule has 0 saturated heterocycles. The van der Waals surface area contributed by atoms with Crippen LogP contribution in [0.25, 0.3) is 10.8 Å². The summed E-state index contributed by atoms with van der Waals surface area (Å²) in [5, 5.41) is 7.34. The van der Waals surface area contributed by atoms with Crippen LogP contribution < -0.4 is 20.3 Å². The van der Waals surface area contributed by atoms with Crippen LogP contribution in [0, 0.1) is 0 Å². The van der Waals surface area contributed by atoms with Crippen molar-refractivity contribution in [2.75, 3.05) is 26.2 Å². The minimum atomic E-state index is -0.674. The first-order chi connectivity index (χ1) is 17.4. The van der Waals surface area contributed by atoms with E-state index in [0.29, 0.717) is 29.5 Å². The minimum Gasteiger partial charge on any atom is -0.496 e. The Balaban J connectivity index is 0.00000380. The summed E-state index contributed by atoms with van der Waals surface area (Å²) in [6, 6.07) is 15.7. The molecule has 0 fully saturated rings. The fourth-order valence-electron chi connectivity index (χ4n) is 4.64. The maximum atomic E-state index is 13.9. The molecule has 2 amide bonds. The molecule has 0 bridgehead atoms. The lowest BCUT2D eigenvalue weighted by Crippen LogP contribution is -2.52. The number of carbonyl (C=O) groups excluding carboxylic acids is 3. The Bertz CT molecular complexity index is 1310. The lowest BCUT2D eigenvalue weighted by atomic mass is 9.98. The molecule has 4 rings (SSSR count). The fraction of sp³-hybridized carbons (Fsp3) is 0.321. The summed E-state index contributed by atoms with van der Waals surface area (Å²) in [5.74, 6) is -0.259. The zero-order chi connectivity index (χ0) is 25.8. The van der Waals surface area contributed by atoms with Crippen molar-refractivity contribution in [3.8, 4) is 5.75 Å². The molecule has 3 aromatic carbocycles. The third kappa shape index (κ3) is 5.55. The van der Waals surface area contributed by atoms with E-state index >= 15 is 0 Å². The van der Waals surface area contributed by atoms with E-state index in [9.17, 15) is 14.4 Å². The molecule has 0 radical (unpaired) electrons. The molecule has 0 spiro atoms. The molecular weight excluding hydrogens is 494 g/mol. The molecule has 9 heteroatoms. The molecule has 1 aliphatic heterocycles. The standard InChI is InChI=1S/C28H31N3O5.ClH/c1-17(29-2)26(32)30-23-14-12-18-8-5-6-11-24(18)31(27(23)33)16-22-19-9-7-10-21(28(34)36-4)20(19)13-15-25(22)35-3;/h5-11,13,15,17,23,29H,12,14,16H2,1-4H3,(H,30,32);1H. The smallest absolute Gasteiger partial charge is 0.338 e. The Hall–Kier alpha value is -3.62. The highest BCUT2D eigenvalue weighted by Crippen LogP contribution is 2.35. The fourth-order valence-corrected chi connectivity index (χ4v) is 4.64. The van der Waals surface area contributed by atoms with Crippen LogP contribution in [-0.4, -0.2) is 51.1 Å². The van der Waals surface area contributed by atoms with E-state index in [1.807, 2.05) is 36.4 Å². The van der Waals surface area contributed by atoms with Gasteiger partial charge in [0.2, 0.25) is 11.8 Å². The molecule has 2 unspecified atom stereocenters. The number of para-hydroxylation sites is 1. The van der Waals surface area contributed by atoms with Crippen LogP contribution in [0.1, 0.15) is 34.8 Å². The van der Waals surface area contributed by atoms with Gasteiger partial charge in [0.25, 0.3) is 0 Å². The predicted molar refractivity (Wildman–Crippen MR) is 145 cm³/mol. The zero-order valence-corrected chi connectivity index (χ0v) is 22.2. The molecular formula is C28H32ClN3O5. The molecule has 0 aromatic heterocycles. The molecule has 8 nitrogen and oxygen atoms in total. The Morgan fingerprint density at radius 2 is 1.81 bits per heavy atom. The quantitative estimate of drug-likeness (QED) is 0.457. The molecule has 1 heterocycles. The SMILES string of the molecule is CNC(C)C(=O)NC1CCc2ccccc2N(Cc2c(OC)ccc3c(C(=O)OC)cccc23)C1=O.Cl. The Kier molecular flexibility index (Phi) is 9.13. The van der Waals surface area contributed by atoms with Gasteiger partial charge in [0, 0.05) is 11.3 Å². The number of methoxy groups -OCH3 is 2. The van der Waals surface area contributed by atoms with E-state index in [-0.39, 0.29) is 30.8 Å². The average Bonchev–Trinajstić information content (AvgIpc) is 3.04. The highest BCUT2D eigenvalue weighted by Gasteiger charge is 2.33. The zero-order valence-electron chi connectivity index (χ0n) is 21.4. The number of benzene rings is 3. The van der Waals surface area contributed by atoms with Gasteiger partial charge in [0.15, 0.2) is 0 Å². The van der Waals surface area contributed by atoms with Gasteiger partial charge in [-0.1, -0.05) is 30.3 Å². The highest BCUT2D eigenvalue weighted by atomic mass is 35.5. The van der Waals surface area contributed by atoms with Crippen LogP contribution in [0.5, 0.6) is 5.75 Å². The van der Waals surface area contributed by atoms with Crippen molar-refractivity contribution >= 4 is 46.7 Å². The number of likely N-dealkylation sites (N-methyl/N-ethyl adjacent to an activating group) is 1. The van der Waals surface area contributed by atoms with Crippen molar-refractivity contribution in [2.45, 2.75) is 38.4 Å². The number of nitrogens with zero attached hydrogens (tertiary/aromatic N) is 1. The maximum absolute atomic E-state index is 13.9.